The van der Waals surface area contributed by atoms with Gasteiger partial charge in [0.05, 0.1) is 47.9 Å². The number of amides is 1. The van der Waals surface area contributed by atoms with Gasteiger partial charge in [-0.15, -0.1) is 0 Å². The van der Waals surface area contributed by atoms with Crippen LogP contribution in [0.1, 0.15) is 17.0 Å². The Morgan fingerprint density at radius 2 is 1.37 bits per heavy atom. The average Bonchev–Trinajstić information content (AvgIpc) is 2.78. The molecule has 0 aliphatic carbocycles. The Hall–Kier alpha value is -3.42. The zero-order valence-electron chi connectivity index (χ0n) is 17.8. The van der Waals surface area contributed by atoms with Gasteiger partial charge in [0.25, 0.3) is 0 Å². The molecular formula is C22H27NO7. The normalized spacial score (nSPS) is 11.2. The fourth-order valence-corrected chi connectivity index (χ4v) is 3.00. The van der Waals surface area contributed by atoms with Gasteiger partial charge in [-0.05, 0) is 35.4 Å². The first-order valence-corrected chi connectivity index (χ1v) is 9.24. The summed E-state index contributed by atoms with van der Waals surface area (Å²) in [6.45, 7) is 0.0777. The molecule has 8 nitrogen and oxygen atoms in total. The van der Waals surface area contributed by atoms with Gasteiger partial charge in [0.2, 0.25) is 5.91 Å². The highest BCUT2D eigenvalue weighted by Crippen LogP contribution is 2.31. The zero-order chi connectivity index (χ0) is 22.1. The number of carbonyl (C=O) groups is 2. The summed E-state index contributed by atoms with van der Waals surface area (Å²) in [5, 5.41) is 2.79. The molecule has 1 N–H and O–H groups in total. The second kappa shape index (κ2) is 10.9. The van der Waals surface area contributed by atoms with Gasteiger partial charge in [-0.1, -0.05) is 12.1 Å². The molecule has 0 heterocycles. The number of hydrogen-bond donors (Lipinski definition) is 1. The van der Waals surface area contributed by atoms with Gasteiger partial charge in [0.15, 0.2) is 23.0 Å². The van der Waals surface area contributed by atoms with E-state index in [4.69, 9.17) is 23.7 Å². The minimum Gasteiger partial charge on any atom is -0.493 e. The SMILES string of the molecule is COC(=O)C(CNC(=O)Cc1ccc(OC)c(OC)c1)c1ccc(OC)c(OC)c1. The lowest BCUT2D eigenvalue weighted by Crippen LogP contribution is -2.33. The maximum absolute atomic E-state index is 12.5. The van der Waals surface area contributed by atoms with E-state index in [-0.39, 0.29) is 18.9 Å². The molecule has 0 spiro atoms. The van der Waals surface area contributed by atoms with Crippen molar-refractivity contribution in [3.63, 3.8) is 0 Å². The Morgan fingerprint density at radius 1 is 0.800 bits per heavy atom. The topological polar surface area (TPSA) is 92.3 Å². The highest BCUT2D eigenvalue weighted by Gasteiger charge is 2.24. The molecule has 2 aromatic rings. The Balaban J connectivity index is 2.11. The fourth-order valence-electron chi connectivity index (χ4n) is 3.00. The molecule has 2 rings (SSSR count). The third-order valence-electron chi connectivity index (χ3n) is 4.61. The van der Waals surface area contributed by atoms with E-state index in [9.17, 15) is 9.59 Å². The predicted octanol–water partition coefficient (Wildman–Crippen LogP) is 2.34. The molecule has 162 valence electrons. The second-order valence-electron chi connectivity index (χ2n) is 6.36. The van der Waals surface area contributed by atoms with E-state index < -0.39 is 11.9 Å². The summed E-state index contributed by atoms with van der Waals surface area (Å²) in [7, 11) is 7.43. The molecule has 0 radical (unpaired) electrons. The van der Waals surface area contributed by atoms with Crippen molar-refractivity contribution in [2.45, 2.75) is 12.3 Å². The van der Waals surface area contributed by atoms with Gasteiger partial charge in [0.1, 0.15) is 0 Å². The summed E-state index contributed by atoms with van der Waals surface area (Å²) in [6, 6.07) is 10.4. The third-order valence-corrected chi connectivity index (χ3v) is 4.61. The molecule has 30 heavy (non-hydrogen) atoms. The second-order valence-corrected chi connectivity index (χ2v) is 6.36. The van der Waals surface area contributed by atoms with E-state index in [1.807, 2.05) is 0 Å². The maximum Gasteiger partial charge on any atom is 0.314 e. The van der Waals surface area contributed by atoms with Crippen LogP contribution in [0.4, 0.5) is 0 Å². The number of hydrogen-bond acceptors (Lipinski definition) is 7. The van der Waals surface area contributed by atoms with Crippen molar-refractivity contribution in [2.24, 2.45) is 0 Å². The first-order valence-electron chi connectivity index (χ1n) is 9.24. The van der Waals surface area contributed by atoms with E-state index in [1.165, 1.54) is 28.4 Å². The molecule has 0 aliphatic rings. The molecule has 1 atom stereocenters. The number of nitrogens with one attached hydrogen (secondary N) is 1. The van der Waals surface area contributed by atoms with Crippen molar-refractivity contribution < 1.29 is 33.3 Å². The van der Waals surface area contributed by atoms with Crippen molar-refractivity contribution in [1.82, 2.24) is 5.32 Å². The summed E-state index contributed by atoms with van der Waals surface area (Å²) in [6.07, 6.45) is 0.125. The first kappa shape index (κ1) is 22.9. The number of ether oxygens (including phenoxy) is 5. The van der Waals surface area contributed by atoms with E-state index in [2.05, 4.69) is 5.32 Å². The van der Waals surface area contributed by atoms with Gasteiger partial charge in [-0.3, -0.25) is 9.59 Å². The highest BCUT2D eigenvalue weighted by atomic mass is 16.5. The van der Waals surface area contributed by atoms with Crippen LogP contribution in [0.5, 0.6) is 23.0 Å². The van der Waals surface area contributed by atoms with Gasteiger partial charge in [-0.2, -0.15) is 0 Å². The van der Waals surface area contributed by atoms with Crippen LogP contribution in [-0.2, 0) is 20.7 Å². The lowest BCUT2D eigenvalue weighted by atomic mass is 9.98. The minimum atomic E-state index is -0.691. The number of carbonyl (C=O) groups excluding carboxylic acids is 2. The molecule has 2 aromatic carbocycles. The Bertz CT molecular complexity index is 882. The van der Waals surface area contributed by atoms with Crippen molar-refractivity contribution in [1.29, 1.82) is 0 Å². The molecule has 0 saturated heterocycles. The summed E-state index contributed by atoms with van der Waals surface area (Å²) < 4.78 is 25.9. The molecular weight excluding hydrogens is 390 g/mol. The molecule has 0 aromatic heterocycles. The van der Waals surface area contributed by atoms with Crippen molar-refractivity contribution >= 4 is 11.9 Å². The van der Waals surface area contributed by atoms with Crippen LogP contribution >= 0.6 is 0 Å². The number of methoxy groups -OCH3 is 5. The zero-order valence-corrected chi connectivity index (χ0v) is 17.8. The van der Waals surface area contributed by atoms with E-state index in [1.54, 1.807) is 43.5 Å². The van der Waals surface area contributed by atoms with E-state index in [0.29, 0.717) is 28.6 Å². The molecule has 0 aliphatic heterocycles. The average molecular weight is 417 g/mol. The maximum atomic E-state index is 12.5. The van der Waals surface area contributed by atoms with Crippen LogP contribution in [0.3, 0.4) is 0 Å². The number of benzene rings is 2. The molecule has 0 saturated carbocycles. The molecule has 0 fully saturated rings. The predicted molar refractivity (Wildman–Crippen MR) is 111 cm³/mol. The van der Waals surface area contributed by atoms with Gasteiger partial charge < -0.3 is 29.0 Å². The van der Waals surface area contributed by atoms with E-state index >= 15 is 0 Å². The van der Waals surface area contributed by atoms with Crippen LogP contribution < -0.4 is 24.3 Å². The fraction of sp³-hybridized carbons (Fsp3) is 0.364. The monoisotopic (exact) mass is 417 g/mol. The van der Waals surface area contributed by atoms with Gasteiger partial charge in [-0.25, -0.2) is 0 Å². The number of esters is 1. The number of rotatable bonds is 10. The van der Waals surface area contributed by atoms with Gasteiger partial charge in [0, 0.05) is 6.54 Å². The van der Waals surface area contributed by atoms with Crippen molar-refractivity contribution in [2.75, 3.05) is 42.1 Å². The third kappa shape index (κ3) is 5.56. The van der Waals surface area contributed by atoms with Crippen LogP contribution in [0.2, 0.25) is 0 Å². The summed E-state index contributed by atoms with van der Waals surface area (Å²) in [5.41, 5.74) is 1.40. The van der Waals surface area contributed by atoms with Crippen molar-refractivity contribution in [3.8, 4) is 23.0 Å². The highest BCUT2D eigenvalue weighted by molar-refractivity contribution is 5.82. The smallest absolute Gasteiger partial charge is 0.314 e. The van der Waals surface area contributed by atoms with E-state index in [0.717, 1.165) is 5.56 Å². The largest absolute Gasteiger partial charge is 0.493 e. The summed E-state index contributed by atoms with van der Waals surface area (Å²) >= 11 is 0. The molecule has 1 unspecified atom stereocenters. The molecule has 0 bridgehead atoms. The van der Waals surface area contributed by atoms with Gasteiger partial charge >= 0.3 is 5.97 Å². The molecule has 8 heteroatoms. The summed E-state index contributed by atoms with van der Waals surface area (Å²) in [4.78, 5) is 24.8. The minimum absolute atomic E-state index is 0.0777. The Morgan fingerprint density at radius 3 is 1.93 bits per heavy atom. The van der Waals surface area contributed by atoms with Crippen molar-refractivity contribution in [3.05, 3.63) is 47.5 Å². The first-order chi connectivity index (χ1) is 14.5. The Kier molecular flexibility index (Phi) is 8.34. The van der Waals surface area contributed by atoms with Crippen LogP contribution in [0, 0.1) is 0 Å². The molecule has 1 amide bonds. The van der Waals surface area contributed by atoms with Crippen LogP contribution in [0.15, 0.2) is 36.4 Å². The Labute approximate surface area is 176 Å². The van der Waals surface area contributed by atoms with Crippen LogP contribution in [-0.4, -0.2) is 54.0 Å². The quantitative estimate of drug-likeness (QED) is 0.593. The lowest BCUT2D eigenvalue weighted by Gasteiger charge is -2.18. The lowest BCUT2D eigenvalue weighted by molar-refractivity contribution is -0.142. The van der Waals surface area contributed by atoms with Crippen LogP contribution in [0.25, 0.3) is 0 Å². The summed E-state index contributed by atoms with van der Waals surface area (Å²) in [5.74, 6) is 0.763. The standard InChI is InChI=1S/C22H27NO7/c1-26-17-8-6-14(10-19(17)28-3)11-21(24)23-13-16(22(25)30-5)15-7-9-18(27-2)20(12-15)29-4/h6-10,12,16H,11,13H2,1-5H3,(H,23,24).